The number of hydrogen-bond acceptors (Lipinski definition) is 5. The number of allylic oxidation sites excluding steroid dienone is 1. The first-order chi connectivity index (χ1) is 16.5. The topological polar surface area (TPSA) is 77.0 Å². The number of benzene rings is 3. The van der Waals surface area contributed by atoms with Gasteiger partial charge < -0.3 is 14.8 Å². The Balaban J connectivity index is 1.63. The SMILES string of the molecule is C=CCc1cc(/C=C2/SC(NC(C)=O)=NC2=O)cc(OC)c1OCc1cccc2ccccc12. The van der Waals surface area contributed by atoms with E-state index in [9.17, 15) is 9.59 Å². The van der Waals surface area contributed by atoms with Crippen molar-refractivity contribution < 1.29 is 19.1 Å². The van der Waals surface area contributed by atoms with Crippen LogP contribution in [0.2, 0.25) is 0 Å². The molecule has 0 atom stereocenters. The van der Waals surface area contributed by atoms with Gasteiger partial charge in [0, 0.05) is 12.5 Å². The summed E-state index contributed by atoms with van der Waals surface area (Å²) >= 11 is 1.12. The minimum Gasteiger partial charge on any atom is -0.493 e. The molecule has 1 N–H and O–H groups in total. The molecule has 1 aliphatic rings. The predicted molar refractivity (Wildman–Crippen MR) is 137 cm³/mol. The number of carbonyl (C=O) groups is 2. The van der Waals surface area contributed by atoms with E-state index in [1.54, 1.807) is 19.3 Å². The van der Waals surface area contributed by atoms with Gasteiger partial charge in [-0.15, -0.1) is 6.58 Å². The number of amidine groups is 1. The van der Waals surface area contributed by atoms with Gasteiger partial charge in [0.05, 0.1) is 12.0 Å². The molecule has 0 fully saturated rings. The highest BCUT2D eigenvalue weighted by molar-refractivity contribution is 8.18. The third-order valence-corrected chi connectivity index (χ3v) is 6.09. The Kier molecular flexibility index (Phi) is 7.13. The first kappa shape index (κ1) is 23.3. The first-order valence-electron chi connectivity index (χ1n) is 10.7. The molecule has 34 heavy (non-hydrogen) atoms. The Labute approximate surface area is 202 Å². The number of nitrogens with zero attached hydrogens (tertiary/aromatic N) is 1. The van der Waals surface area contributed by atoms with Gasteiger partial charge in [0.15, 0.2) is 16.7 Å². The van der Waals surface area contributed by atoms with Crippen molar-refractivity contribution in [2.75, 3.05) is 7.11 Å². The summed E-state index contributed by atoms with van der Waals surface area (Å²) in [6.07, 6.45) is 4.09. The summed E-state index contributed by atoms with van der Waals surface area (Å²) in [6, 6.07) is 18.1. The van der Waals surface area contributed by atoms with Crippen molar-refractivity contribution in [1.82, 2.24) is 5.32 Å². The summed E-state index contributed by atoms with van der Waals surface area (Å²) in [4.78, 5) is 27.8. The normalized spacial score (nSPS) is 14.2. The summed E-state index contributed by atoms with van der Waals surface area (Å²) in [5.74, 6) is 0.528. The van der Waals surface area contributed by atoms with Crippen molar-refractivity contribution in [1.29, 1.82) is 0 Å². The van der Waals surface area contributed by atoms with Crippen molar-refractivity contribution >= 4 is 45.6 Å². The standard InChI is InChI=1S/C27H24N2O4S/c1-4-8-20-13-18(15-24-26(31)29-27(34-24)28-17(2)30)14-23(32-3)25(20)33-16-21-11-7-10-19-9-5-6-12-22(19)21/h4-7,9-15H,1,8,16H2,2-3H3,(H,28,29,30,31)/b24-15+. The van der Waals surface area contributed by atoms with Crippen molar-refractivity contribution in [2.24, 2.45) is 4.99 Å². The number of rotatable bonds is 7. The fourth-order valence-electron chi connectivity index (χ4n) is 3.72. The number of hydrogen-bond donors (Lipinski definition) is 1. The van der Waals surface area contributed by atoms with E-state index in [1.165, 1.54) is 6.92 Å². The highest BCUT2D eigenvalue weighted by atomic mass is 32.2. The first-order valence-corrected chi connectivity index (χ1v) is 11.5. The second-order valence-corrected chi connectivity index (χ2v) is 8.68. The van der Waals surface area contributed by atoms with Gasteiger partial charge in [0.1, 0.15) is 6.61 Å². The molecule has 0 saturated heterocycles. The van der Waals surface area contributed by atoms with E-state index in [2.05, 4.69) is 41.2 Å². The number of nitrogens with one attached hydrogen (secondary N) is 1. The second kappa shape index (κ2) is 10.4. The summed E-state index contributed by atoms with van der Waals surface area (Å²) in [6.45, 7) is 5.62. The molecule has 0 unspecified atom stereocenters. The van der Waals surface area contributed by atoms with Gasteiger partial charge in [0.25, 0.3) is 5.91 Å². The van der Waals surface area contributed by atoms with Crippen molar-refractivity contribution in [3.8, 4) is 11.5 Å². The van der Waals surface area contributed by atoms with E-state index in [4.69, 9.17) is 9.47 Å². The highest BCUT2D eigenvalue weighted by Crippen LogP contribution is 2.37. The Morgan fingerprint density at radius 3 is 2.71 bits per heavy atom. The Bertz CT molecular complexity index is 1340. The summed E-state index contributed by atoms with van der Waals surface area (Å²) < 4.78 is 11.9. The molecule has 3 aromatic carbocycles. The van der Waals surface area contributed by atoms with Crippen LogP contribution < -0.4 is 14.8 Å². The summed E-state index contributed by atoms with van der Waals surface area (Å²) in [5.41, 5.74) is 2.73. The number of carbonyl (C=O) groups excluding carboxylic acids is 2. The van der Waals surface area contributed by atoms with Gasteiger partial charge in [-0.05, 0) is 58.3 Å². The zero-order valence-corrected chi connectivity index (χ0v) is 19.8. The molecular formula is C27H24N2O4S. The van der Waals surface area contributed by atoms with Crippen LogP contribution in [0.15, 0.2) is 77.1 Å². The second-order valence-electron chi connectivity index (χ2n) is 7.65. The average Bonchev–Trinajstić information content (AvgIpc) is 3.15. The van der Waals surface area contributed by atoms with Crippen LogP contribution in [-0.4, -0.2) is 24.1 Å². The molecule has 0 aromatic heterocycles. The number of amides is 2. The third kappa shape index (κ3) is 5.21. The van der Waals surface area contributed by atoms with Crippen LogP contribution in [0.4, 0.5) is 0 Å². The molecule has 172 valence electrons. The smallest absolute Gasteiger partial charge is 0.286 e. The Morgan fingerprint density at radius 2 is 1.94 bits per heavy atom. The van der Waals surface area contributed by atoms with Crippen LogP contribution in [0.3, 0.4) is 0 Å². The fraction of sp³-hybridized carbons (Fsp3) is 0.148. The molecule has 4 rings (SSSR count). The van der Waals surface area contributed by atoms with Gasteiger partial charge in [-0.3, -0.25) is 9.59 Å². The maximum Gasteiger partial charge on any atom is 0.286 e. The van der Waals surface area contributed by atoms with Crippen molar-refractivity contribution in [3.05, 3.63) is 88.8 Å². The molecule has 7 heteroatoms. The van der Waals surface area contributed by atoms with E-state index < -0.39 is 5.91 Å². The van der Waals surface area contributed by atoms with E-state index in [1.807, 2.05) is 30.3 Å². The molecule has 6 nitrogen and oxygen atoms in total. The molecule has 0 spiro atoms. The van der Waals surface area contributed by atoms with Crippen LogP contribution >= 0.6 is 11.8 Å². The van der Waals surface area contributed by atoms with E-state index in [0.717, 1.165) is 39.2 Å². The minimum atomic E-state index is -0.394. The lowest BCUT2D eigenvalue weighted by Crippen LogP contribution is -2.23. The predicted octanol–water partition coefficient (Wildman–Crippen LogP) is 5.26. The van der Waals surface area contributed by atoms with Gasteiger partial charge in [-0.25, -0.2) is 0 Å². The molecule has 2 amide bonds. The molecule has 1 heterocycles. The number of ether oxygens (including phenoxy) is 2. The lowest BCUT2D eigenvalue weighted by molar-refractivity contribution is -0.117. The molecular weight excluding hydrogens is 448 g/mol. The summed E-state index contributed by atoms with van der Waals surface area (Å²) in [7, 11) is 1.59. The summed E-state index contributed by atoms with van der Waals surface area (Å²) in [5, 5.41) is 5.12. The molecule has 1 aliphatic heterocycles. The maximum absolute atomic E-state index is 12.3. The average molecular weight is 473 g/mol. The van der Waals surface area contributed by atoms with Crippen LogP contribution in [-0.2, 0) is 22.6 Å². The van der Waals surface area contributed by atoms with Crippen molar-refractivity contribution in [2.45, 2.75) is 20.0 Å². The van der Waals surface area contributed by atoms with E-state index in [0.29, 0.717) is 29.4 Å². The van der Waals surface area contributed by atoms with Crippen LogP contribution in [0.25, 0.3) is 16.8 Å². The number of methoxy groups -OCH3 is 1. The monoisotopic (exact) mass is 472 g/mol. The van der Waals surface area contributed by atoms with Gasteiger partial charge in [-0.2, -0.15) is 4.99 Å². The van der Waals surface area contributed by atoms with Gasteiger partial charge >= 0.3 is 0 Å². The van der Waals surface area contributed by atoms with Crippen LogP contribution in [0, 0.1) is 0 Å². The highest BCUT2D eigenvalue weighted by Gasteiger charge is 2.23. The Morgan fingerprint density at radius 1 is 1.15 bits per heavy atom. The van der Waals surface area contributed by atoms with Crippen LogP contribution in [0.1, 0.15) is 23.6 Å². The quantitative estimate of drug-likeness (QED) is 0.375. The van der Waals surface area contributed by atoms with Crippen molar-refractivity contribution in [3.63, 3.8) is 0 Å². The molecule has 0 radical (unpaired) electrons. The zero-order chi connectivity index (χ0) is 24.1. The molecule has 3 aromatic rings. The van der Waals surface area contributed by atoms with Gasteiger partial charge in [-0.1, -0.05) is 48.5 Å². The van der Waals surface area contributed by atoms with E-state index >= 15 is 0 Å². The lowest BCUT2D eigenvalue weighted by atomic mass is 10.0. The zero-order valence-electron chi connectivity index (χ0n) is 19.0. The Hall–Kier alpha value is -3.84. The third-order valence-electron chi connectivity index (χ3n) is 5.19. The van der Waals surface area contributed by atoms with Crippen LogP contribution in [0.5, 0.6) is 11.5 Å². The lowest BCUT2D eigenvalue weighted by Gasteiger charge is -2.17. The van der Waals surface area contributed by atoms with E-state index in [-0.39, 0.29) is 11.1 Å². The number of aliphatic imine (C=N–C) groups is 1. The number of fused-ring (bicyclic) bond motifs is 1. The maximum atomic E-state index is 12.3. The minimum absolute atomic E-state index is 0.275. The van der Waals surface area contributed by atoms with Gasteiger partial charge in [0.2, 0.25) is 5.91 Å². The molecule has 0 aliphatic carbocycles. The molecule has 0 bridgehead atoms. The fourth-order valence-corrected chi connectivity index (χ4v) is 4.58. The largest absolute Gasteiger partial charge is 0.493 e. The molecule has 0 saturated carbocycles. The number of thioether (sulfide) groups is 1.